The van der Waals surface area contributed by atoms with Gasteiger partial charge in [0.25, 0.3) is 0 Å². The Labute approximate surface area is 324 Å². The van der Waals surface area contributed by atoms with E-state index >= 15 is 0 Å². The fourth-order valence-electron chi connectivity index (χ4n) is 8.40. The SMILES string of the molecule is CC[C@@H]1CCN(C(=O)CNC(=O)OC)[C@@H]1c1ncc(-c2ccc(-c3ccc4cc(-c5cnc(C6CC7(CC7)CN6C(=O)CNC(=O)OC)[nH]5)ccc4c3)cc2)[nH]1. The van der Waals surface area contributed by atoms with E-state index in [0.717, 1.165) is 88.2 Å². The number of carbonyl (C=O) groups excluding carboxylic acids is 4. The fraction of sp³-hybridized carbons (Fsp3) is 0.381. The second-order valence-corrected chi connectivity index (χ2v) is 15.1. The second kappa shape index (κ2) is 15.2. The molecule has 2 saturated heterocycles. The maximum Gasteiger partial charge on any atom is 0.407 e. The van der Waals surface area contributed by atoms with Crippen molar-refractivity contribution in [1.82, 2.24) is 40.4 Å². The number of nitrogens with one attached hydrogen (secondary N) is 4. The van der Waals surface area contributed by atoms with Gasteiger partial charge >= 0.3 is 12.2 Å². The maximum atomic E-state index is 13.1. The van der Waals surface area contributed by atoms with Crippen LogP contribution in [0.5, 0.6) is 0 Å². The van der Waals surface area contributed by atoms with Gasteiger partial charge in [0.2, 0.25) is 11.8 Å². The number of aromatic nitrogens is 4. The molecule has 3 aliphatic rings. The third kappa shape index (κ3) is 7.30. The largest absolute Gasteiger partial charge is 0.453 e. The molecular formula is C42H46N8O6. The van der Waals surface area contributed by atoms with E-state index in [2.05, 4.69) is 97.7 Å². The predicted octanol–water partition coefficient (Wildman–Crippen LogP) is 6.35. The Morgan fingerprint density at radius 3 is 1.95 bits per heavy atom. The van der Waals surface area contributed by atoms with Crippen LogP contribution in [-0.2, 0) is 19.1 Å². The van der Waals surface area contributed by atoms with Crippen molar-refractivity contribution in [2.45, 2.75) is 51.1 Å². The van der Waals surface area contributed by atoms with Crippen molar-refractivity contribution in [3.63, 3.8) is 0 Å². The number of ether oxygens (including phenoxy) is 2. The van der Waals surface area contributed by atoms with Crippen molar-refractivity contribution < 1.29 is 28.7 Å². The van der Waals surface area contributed by atoms with Crippen LogP contribution >= 0.6 is 0 Å². The van der Waals surface area contributed by atoms with Crippen LogP contribution in [0.3, 0.4) is 0 Å². The van der Waals surface area contributed by atoms with Crippen LogP contribution in [-0.4, -0.2) is 94.1 Å². The Bertz CT molecular complexity index is 2280. The molecule has 4 N–H and O–H groups in total. The van der Waals surface area contributed by atoms with Crippen LogP contribution in [0.4, 0.5) is 9.59 Å². The molecule has 1 saturated carbocycles. The zero-order chi connectivity index (χ0) is 39.0. The number of carbonyl (C=O) groups is 4. The maximum absolute atomic E-state index is 13.1. The van der Waals surface area contributed by atoms with E-state index in [9.17, 15) is 19.2 Å². The molecular weight excluding hydrogens is 713 g/mol. The molecule has 3 aromatic carbocycles. The summed E-state index contributed by atoms with van der Waals surface area (Å²) < 4.78 is 9.26. The number of fused-ring (bicyclic) bond motifs is 1. The summed E-state index contributed by atoms with van der Waals surface area (Å²) in [5.74, 6) is 1.45. The number of amides is 4. The standard InChI is InChI=1S/C42H46N8O6/c1-4-25-13-16-49(35(51)22-45-40(53)55-2)37(25)39-44-20-32(48-39)27-7-5-26(6-8-27)28-9-10-30-18-31(12-11-29(30)17-28)33-21-43-38(47-33)34-19-42(14-15-42)24-50(34)36(52)23-46-41(54)56-3/h5-12,17-18,20-21,25,34,37H,4,13-16,19,22-24H2,1-3H3,(H,43,47)(H,44,48)(H,45,53)(H,46,54)/t25-,34?,37+/m1/s1. The van der Waals surface area contributed by atoms with Crippen molar-refractivity contribution in [2.75, 3.05) is 40.4 Å². The van der Waals surface area contributed by atoms with E-state index in [1.807, 2.05) is 17.3 Å². The first kappa shape index (κ1) is 36.8. The molecule has 2 aliphatic heterocycles. The van der Waals surface area contributed by atoms with E-state index in [1.165, 1.54) is 14.2 Å². The van der Waals surface area contributed by atoms with Crippen molar-refractivity contribution in [3.8, 4) is 33.6 Å². The number of H-pyrrole nitrogens is 2. The topological polar surface area (TPSA) is 175 Å². The molecule has 14 heteroatoms. The average Bonchev–Trinajstić information content (AvgIpc) is 3.73. The fourth-order valence-corrected chi connectivity index (χ4v) is 8.40. The lowest BCUT2D eigenvalue weighted by molar-refractivity contribution is -0.132. The minimum absolute atomic E-state index is 0.112. The summed E-state index contributed by atoms with van der Waals surface area (Å²) in [7, 11) is 2.55. The molecule has 0 bridgehead atoms. The van der Waals surface area contributed by atoms with Gasteiger partial charge in [-0.3, -0.25) is 9.59 Å². The van der Waals surface area contributed by atoms with E-state index < -0.39 is 12.2 Å². The van der Waals surface area contributed by atoms with Crippen molar-refractivity contribution >= 4 is 34.8 Å². The molecule has 14 nitrogen and oxygen atoms in total. The summed E-state index contributed by atoms with van der Waals surface area (Å²) in [4.78, 5) is 69.4. The number of hydrogen-bond donors (Lipinski definition) is 4. The Kier molecular flexibility index (Phi) is 9.96. The lowest BCUT2D eigenvalue weighted by Gasteiger charge is -2.26. The molecule has 1 unspecified atom stereocenters. The smallest absolute Gasteiger partial charge is 0.407 e. The molecule has 1 aliphatic carbocycles. The third-order valence-electron chi connectivity index (χ3n) is 11.8. The summed E-state index contributed by atoms with van der Waals surface area (Å²) in [6.45, 7) is 3.16. The van der Waals surface area contributed by atoms with Crippen LogP contribution in [0.1, 0.15) is 62.8 Å². The molecule has 4 heterocycles. The molecule has 1 spiro atoms. The highest BCUT2D eigenvalue weighted by Gasteiger charge is 2.54. The molecule has 56 heavy (non-hydrogen) atoms. The lowest BCUT2D eigenvalue weighted by atomic mass is 9.97. The van der Waals surface area contributed by atoms with E-state index in [0.29, 0.717) is 13.1 Å². The first-order chi connectivity index (χ1) is 27.2. The minimum atomic E-state index is -0.633. The van der Waals surface area contributed by atoms with Gasteiger partial charge in [-0.2, -0.15) is 0 Å². The van der Waals surface area contributed by atoms with Crippen molar-refractivity contribution in [3.05, 3.63) is 84.7 Å². The number of benzene rings is 3. The zero-order valence-electron chi connectivity index (χ0n) is 31.8. The summed E-state index contributed by atoms with van der Waals surface area (Å²) in [6.07, 6.45) is 7.21. The van der Waals surface area contributed by atoms with Gasteiger partial charge in [0, 0.05) is 18.7 Å². The van der Waals surface area contributed by atoms with Gasteiger partial charge in [0.15, 0.2) is 0 Å². The lowest BCUT2D eigenvalue weighted by Crippen LogP contribution is -2.40. The van der Waals surface area contributed by atoms with Gasteiger partial charge in [-0.05, 0) is 76.6 Å². The molecule has 3 atom stereocenters. The highest BCUT2D eigenvalue weighted by Crippen LogP contribution is 2.58. The normalized spacial score (nSPS) is 19.7. The van der Waals surface area contributed by atoms with E-state index in [1.54, 1.807) is 4.90 Å². The number of imidazole rings is 2. The molecule has 0 radical (unpaired) electrons. The third-order valence-corrected chi connectivity index (χ3v) is 11.8. The van der Waals surface area contributed by atoms with Crippen LogP contribution < -0.4 is 10.6 Å². The summed E-state index contributed by atoms with van der Waals surface area (Å²) in [5.41, 5.74) is 6.08. The van der Waals surface area contributed by atoms with Crippen LogP contribution in [0.15, 0.2) is 73.1 Å². The van der Waals surface area contributed by atoms with Crippen LogP contribution in [0.2, 0.25) is 0 Å². The number of aromatic amines is 2. The van der Waals surface area contributed by atoms with Gasteiger partial charge < -0.3 is 39.9 Å². The quantitative estimate of drug-likeness (QED) is 0.127. The molecule has 4 amide bonds. The summed E-state index contributed by atoms with van der Waals surface area (Å²) >= 11 is 0. The number of alkyl carbamates (subject to hydrolysis) is 2. The number of rotatable bonds is 10. The van der Waals surface area contributed by atoms with Crippen LogP contribution in [0, 0.1) is 11.3 Å². The highest BCUT2D eigenvalue weighted by molar-refractivity contribution is 5.91. The molecule has 5 aromatic rings. The van der Waals surface area contributed by atoms with E-state index in [-0.39, 0.29) is 48.3 Å². The van der Waals surface area contributed by atoms with E-state index in [4.69, 9.17) is 9.97 Å². The molecule has 8 rings (SSSR count). The Balaban J connectivity index is 0.949. The molecule has 2 aromatic heterocycles. The monoisotopic (exact) mass is 758 g/mol. The number of likely N-dealkylation sites (tertiary alicyclic amines) is 2. The van der Waals surface area contributed by atoms with Crippen molar-refractivity contribution in [2.24, 2.45) is 11.3 Å². The minimum Gasteiger partial charge on any atom is -0.453 e. The van der Waals surface area contributed by atoms with Gasteiger partial charge in [-0.15, -0.1) is 0 Å². The van der Waals surface area contributed by atoms with Gasteiger partial charge in [-0.25, -0.2) is 19.6 Å². The Morgan fingerprint density at radius 1 is 0.750 bits per heavy atom. The first-order valence-corrected chi connectivity index (χ1v) is 19.1. The first-order valence-electron chi connectivity index (χ1n) is 19.1. The van der Waals surface area contributed by atoms with Crippen LogP contribution in [0.25, 0.3) is 44.4 Å². The molecule has 3 fully saturated rings. The van der Waals surface area contributed by atoms with Crippen molar-refractivity contribution in [1.29, 1.82) is 0 Å². The van der Waals surface area contributed by atoms with Gasteiger partial charge in [-0.1, -0.05) is 61.9 Å². The Morgan fingerprint density at radius 2 is 1.30 bits per heavy atom. The molecule has 290 valence electrons. The summed E-state index contributed by atoms with van der Waals surface area (Å²) in [6, 6.07) is 20.8. The number of nitrogens with zero attached hydrogens (tertiary/aromatic N) is 4. The summed E-state index contributed by atoms with van der Waals surface area (Å²) in [5, 5.41) is 7.22. The van der Waals surface area contributed by atoms with Gasteiger partial charge in [0.1, 0.15) is 24.7 Å². The van der Waals surface area contributed by atoms with Gasteiger partial charge in [0.05, 0.1) is 50.1 Å². The Hall–Kier alpha value is -6.18. The number of hydrogen-bond acceptors (Lipinski definition) is 8. The highest BCUT2D eigenvalue weighted by atomic mass is 16.5. The predicted molar refractivity (Wildman–Crippen MR) is 209 cm³/mol. The average molecular weight is 759 g/mol. The second-order valence-electron chi connectivity index (χ2n) is 15.1. The zero-order valence-corrected chi connectivity index (χ0v) is 31.8. The number of methoxy groups -OCH3 is 2.